The Morgan fingerprint density at radius 3 is 1.28 bits per heavy atom. The monoisotopic (exact) mass is 404 g/mol. The van der Waals surface area contributed by atoms with E-state index in [1.54, 1.807) is 0 Å². The highest BCUT2D eigenvalue weighted by Crippen LogP contribution is 2.34. The van der Waals surface area contributed by atoms with E-state index in [0.29, 0.717) is 12.1 Å². The molecule has 4 heteroatoms. The Hall–Kier alpha value is -0.160. The lowest BCUT2D eigenvalue weighted by atomic mass is 9.87. The molecule has 4 nitrogen and oxygen atoms in total. The van der Waals surface area contributed by atoms with Crippen LogP contribution >= 0.6 is 0 Å². The Labute approximate surface area is 181 Å². The van der Waals surface area contributed by atoms with Gasteiger partial charge in [-0.15, -0.1) is 0 Å². The van der Waals surface area contributed by atoms with E-state index in [0.717, 1.165) is 36.3 Å². The molecular formula is C25H48N4. The van der Waals surface area contributed by atoms with Crippen molar-refractivity contribution in [2.24, 2.45) is 0 Å². The highest BCUT2D eigenvalue weighted by atomic mass is 15.3. The first-order chi connectivity index (χ1) is 13.8. The summed E-state index contributed by atoms with van der Waals surface area (Å²) in [5, 5.41) is 0. The fourth-order valence-electron chi connectivity index (χ4n) is 7.15. The minimum absolute atomic E-state index is 0.706. The molecule has 6 aliphatic heterocycles. The third-order valence-electron chi connectivity index (χ3n) is 8.93. The van der Waals surface area contributed by atoms with Crippen molar-refractivity contribution in [2.75, 3.05) is 26.2 Å². The van der Waals surface area contributed by atoms with E-state index in [2.05, 4.69) is 61.1 Å². The first-order valence-electron chi connectivity index (χ1n) is 12.9. The number of nitrogens with zero attached hydrogens (tertiary/aromatic N) is 4. The summed E-state index contributed by atoms with van der Waals surface area (Å²) in [4.78, 5) is 11.4. The van der Waals surface area contributed by atoms with Gasteiger partial charge in [-0.3, -0.25) is 19.6 Å². The smallest absolute Gasteiger partial charge is 0.0227 e. The van der Waals surface area contributed by atoms with Gasteiger partial charge in [0, 0.05) is 74.5 Å². The van der Waals surface area contributed by atoms with Gasteiger partial charge < -0.3 is 0 Å². The van der Waals surface area contributed by atoms with E-state index >= 15 is 0 Å². The predicted octanol–water partition coefficient (Wildman–Crippen LogP) is 4.05. The van der Waals surface area contributed by atoms with E-state index in [1.807, 2.05) is 0 Å². The lowest BCUT2D eigenvalue weighted by Crippen LogP contribution is -2.65. The van der Waals surface area contributed by atoms with Crippen LogP contribution < -0.4 is 0 Å². The van der Waals surface area contributed by atoms with Gasteiger partial charge in [-0.1, -0.05) is 6.42 Å². The summed E-state index contributed by atoms with van der Waals surface area (Å²) in [7, 11) is 0. The van der Waals surface area contributed by atoms with Crippen molar-refractivity contribution < 1.29 is 0 Å². The average Bonchev–Trinajstić information content (AvgIpc) is 3.05. The molecule has 0 spiro atoms. The van der Waals surface area contributed by atoms with Crippen LogP contribution in [0.4, 0.5) is 0 Å². The fraction of sp³-hybridized carbons (Fsp3) is 1.00. The third kappa shape index (κ3) is 4.56. The molecule has 0 aromatic rings. The highest BCUT2D eigenvalue weighted by molar-refractivity contribution is 4.98. The van der Waals surface area contributed by atoms with Crippen LogP contribution in [0.5, 0.6) is 0 Å². The fourth-order valence-corrected chi connectivity index (χ4v) is 7.15. The summed E-state index contributed by atoms with van der Waals surface area (Å²) < 4.78 is 0. The molecule has 6 atom stereocenters. The second-order valence-electron chi connectivity index (χ2n) is 11.4. The van der Waals surface area contributed by atoms with Gasteiger partial charge >= 0.3 is 0 Å². The molecule has 0 radical (unpaired) electrons. The van der Waals surface area contributed by atoms with Gasteiger partial charge in [0.1, 0.15) is 0 Å². The normalized spacial score (nSPS) is 36.8. The Morgan fingerprint density at radius 1 is 0.517 bits per heavy atom. The van der Waals surface area contributed by atoms with E-state index in [9.17, 15) is 0 Å². The summed E-state index contributed by atoms with van der Waals surface area (Å²) >= 11 is 0. The zero-order valence-electron chi connectivity index (χ0n) is 20.2. The molecule has 6 saturated heterocycles. The Morgan fingerprint density at radius 2 is 0.862 bits per heavy atom. The Balaban J connectivity index is 1.29. The molecule has 0 amide bonds. The molecule has 29 heavy (non-hydrogen) atoms. The van der Waals surface area contributed by atoms with Crippen molar-refractivity contribution in [3.05, 3.63) is 0 Å². The van der Waals surface area contributed by atoms with Crippen LogP contribution in [0, 0.1) is 0 Å². The molecule has 0 N–H and O–H groups in total. The molecule has 0 aromatic heterocycles. The average molecular weight is 405 g/mol. The van der Waals surface area contributed by atoms with Crippen molar-refractivity contribution in [1.82, 2.24) is 19.6 Å². The zero-order valence-corrected chi connectivity index (χ0v) is 20.2. The molecule has 4 bridgehead atoms. The lowest BCUT2D eigenvalue weighted by Gasteiger charge is -2.55. The van der Waals surface area contributed by atoms with Gasteiger partial charge in [0.2, 0.25) is 0 Å². The lowest BCUT2D eigenvalue weighted by molar-refractivity contribution is -0.0562. The first kappa shape index (κ1) is 22.0. The topological polar surface area (TPSA) is 13.0 Å². The summed E-state index contributed by atoms with van der Waals surface area (Å²) in [5.41, 5.74) is 0. The number of piperidine rings is 2. The summed E-state index contributed by atoms with van der Waals surface area (Å²) in [6.07, 6.45) is 9.85. The van der Waals surface area contributed by atoms with Crippen LogP contribution in [-0.2, 0) is 0 Å². The predicted molar refractivity (Wildman–Crippen MR) is 123 cm³/mol. The van der Waals surface area contributed by atoms with Crippen LogP contribution in [0.25, 0.3) is 0 Å². The van der Waals surface area contributed by atoms with Crippen LogP contribution in [0.3, 0.4) is 0 Å². The van der Waals surface area contributed by atoms with Crippen LogP contribution in [0.2, 0.25) is 0 Å². The van der Waals surface area contributed by atoms with Crippen LogP contribution in [-0.4, -0.2) is 94.1 Å². The summed E-state index contributed by atoms with van der Waals surface area (Å²) in [5.74, 6) is 0. The molecule has 6 aliphatic rings. The van der Waals surface area contributed by atoms with E-state index in [1.165, 1.54) is 71.1 Å². The van der Waals surface area contributed by atoms with E-state index in [4.69, 9.17) is 0 Å². The molecule has 6 fully saturated rings. The van der Waals surface area contributed by atoms with Crippen LogP contribution in [0.1, 0.15) is 86.5 Å². The molecule has 168 valence electrons. The second-order valence-corrected chi connectivity index (χ2v) is 11.4. The summed E-state index contributed by atoms with van der Waals surface area (Å²) in [6.45, 7) is 19.8. The molecule has 0 aromatic carbocycles. The molecule has 6 unspecified atom stereocenters. The van der Waals surface area contributed by atoms with Crippen molar-refractivity contribution in [1.29, 1.82) is 0 Å². The largest absolute Gasteiger partial charge is 0.295 e. The molecule has 0 saturated carbocycles. The second kappa shape index (κ2) is 9.14. The van der Waals surface area contributed by atoms with Crippen LogP contribution in [0.15, 0.2) is 0 Å². The van der Waals surface area contributed by atoms with Gasteiger partial charge in [-0.2, -0.15) is 0 Å². The quantitative estimate of drug-likeness (QED) is 0.635. The molecular weight excluding hydrogens is 356 g/mol. The number of hydrogen-bond donors (Lipinski definition) is 0. The van der Waals surface area contributed by atoms with E-state index in [-0.39, 0.29) is 0 Å². The maximum Gasteiger partial charge on any atom is 0.0227 e. The minimum atomic E-state index is 0.706. The molecule has 6 heterocycles. The number of hydrogen-bond acceptors (Lipinski definition) is 4. The summed E-state index contributed by atoms with van der Waals surface area (Å²) in [6, 6.07) is 6.12. The van der Waals surface area contributed by atoms with Gasteiger partial charge in [-0.05, 0) is 80.1 Å². The number of rotatable bonds is 7. The van der Waals surface area contributed by atoms with Crippen molar-refractivity contribution in [2.45, 2.75) is 135 Å². The Kier molecular flexibility index (Phi) is 6.95. The number of fused-ring (bicyclic) bond motifs is 7. The zero-order chi connectivity index (χ0) is 20.7. The van der Waals surface area contributed by atoms with Crippen molar-refractivity contribution in [3.63, 3.8) is 0 Å². The van der Waals surface area contributed by atoms with Crippen molar-refractivity contribution >= 4 is 0 Å². The van der Waals surface area contributed by atoms with Gasteiger partial charge in [0.15, 0.2) is 0 Å². The maximum absolute atomic E-state index is 2.91. The highest BCUT2D eigenvalue weighted by Gasteiger charge is 2.42. The Bertz CT molecular complexity index is 535. The van der Waals surface area contributed by atoms with Crippen molar-refractivity contribution in [3.8, 4) is 0 Å². The first-order valence-corrected chi connectivity index (χ1v) is 12.9. The van der Waals surface area contributed by atoms with Gasteiger partial charge in [0.05, 0.1) is 0 Å². The van der Waals surface area contributed by atoms with Gasteiger partial charge in [0.25, 0.3) is 0 Å². The SMILES string of the molecule is CC(C)N1CC2CCCC1CN2C(C)CCC(C)N1CC2CCC1CN2C(C)C. The number of piperazine rings is 2. The van der Waals surface area contributed by atoms with E-state index < -0.39 is 0 Å². The molecule has 0 aliphatic carbocycles. The third-order valence-corrected chi connectivity index (χ3v) is 8.93. The maximum atomic E-state index is 2.91. The van der Waals surface area contributed by atoms with Gasteiger partial charge in [-0.25, -0.2) is 0 Å². The standard InChI is InChI=1S/C25H48N4/c1-18(2)26-14-23-9-7-8-22(26)16-28(23)20(5)10-11-21(6)29-17-24-12-13-25(29)15-27(24)19(3)4/h18-25H,7-17H2,1-6H3. The minimum Gasteiger partial charge on any atom is -0.295 e. The molecule has 6 rings (SSSR count).